The lowest BCUT2D eigenvalue weighted by molar-refractivity contribution is 0.254. The Kier molecular flexibility index (Phi) is 9.42. The highest BCUT2D eigenvalue weighted by Gasteiger charge is 2.41. The standard InChI is InChI=1S/C27H42N4OSSi/c1-18(2)34(19(3)4,20(5)6)13-12-22-15-25(29-23(17-32)14-21-10-8-9-11-21)30-26-24(22)16-28-27(31-26)33-7/h15-16,18-21,23,32H,8-11,14,17H2,1-7H3,(H,28,29,30,31). The highest BCUT2D eigenvalue weighted by Crippen LogP contribution is 2.41. The summed E-state index contributed by atoms with van der Waals surface area (Å²) in [5, 5.41) is 15.2. The fraction of sp³-hybridized carbons (Fsp3) is 0.667. The molecule has 7 heteroatoms. The average Bonchev–Trinajstić information content (AvgIpc) is 3.30. The van der Waals surface area contributed by atoms with E-state index in [1.807, 2.05) is 18.5 Å². The Labute approximate surface area is 211 Å². The molecule has 34 heavy (non-hydrogen) atoms. The fourth-order valence-electron chi connectivity index (χ4n) is 5.91. The zero-order valence-corrected chi connectivity index (χ0v) is 23.8. The Morgan fingerprint density at radius 2 is 1.74 bits per heavy atom. The van der Waals surface area contributed by atoms with Gasteiger partial charge < -0.3 is 10.4 Å². The molecule has 1 saturated carbocycles. The number of rotatable bonds is 9. The molecule has 2 heterocycles. The van der Waals surface area contributed by atoms with E-state index in [4.69, 9.17) is 4.98 Å². The Morgan fingerprint density at radius 1 is 1.09 bits per heavy atom. The van der Waals surface area contributed by atoms with Crippen molar-refractivity contribution >= 4 is 36.7 Å². The van der Waals surface area contributed by atoms with Gasteiger partial charge in [0.2, 0.25) is 0 Å². The first-order valence-electron chi connectivity index (χ1n) is 12.8. The van der Waals surface area contributed by atoms with Gasteiger partial charge in [-0.15, -0.1) is 5.54 Å². The minimum Gasteiger partial charge on any atom is -0.394 e. The van der Waals surface area contributed by atoms with Crippen molar-refractivity contribution < 1.29 is 5.11 Å². The summed E-state index contributed by atoms with van der Waals surface area (Å²) in [6, 6.07) is 2.03. The van der Waals surface area contributed by atoms with Crippen LogP contribution in [-0.2, 0) is 0 Å². The molecule has 1 fully saturated rings. The molecule has 0 spiro atoms. The van der Waals surface area contributed by atoms with E-state index in [1.54, 1.807) is 0 Å². The van der Waals surface area contributed by atoms with Crippen LogP contribution in [0.3, 0.4) is 0 Å². The summed E-state index contributed by atoms with van der Waals surface area (Å²) >= 11 is 1.51. The summed E-state index contributed by atoms with van der Waals surface area (Å²) in [6.07, 6.45) is 9.94. The van der Waals surface area contributed by atoms with Crippen LogP contribution in [0.4, 0.5) is 5.82 Å². The van der Waals surface area contributed by atoms with Crippen molar-refractivity contribution in [3.8, 4) is 11.5 Å². The molecule has 0 amide bonds. The van der Waals surface area contributed by atoms with Crippen LogP contribution in [0.25, 0.3) is 11.0 Å². The SMILES string of the molecule is CSc1ncc2c(C#C[Si](C(C)C)(C(C)C)C(C)C)cc(NC(CO)CC3CCCC3)nc2n1. The Balaban J connectivity index is 2.05. The largest absolute Gasteiger partial charge is 0.394 e. The van der Waals surface area contributed by atoms with Crippen LogP contribution in [0, 0.1) is 17.4 Å². The van der Waals surface area contributed by atoms with Gasteiger partial charge in [-0.05, 0) is 41.3 Å². The molecule has 0 aromatic carbocycles. The van der Waals surface area contributed by atoms with Gasteiger partial charge in [0, 0.05) is 11.8 Å². The summed E-state index contributed by atoms with van der Waals surface area (Å²) in [5.41, 5.74) is 7.13. The first kappa shape index (κ1) is 27.0. The van der Waals surface area contributed by atoms with Crippen LogP contribution in [0.2, 0.25) is 16.6 Å². The van der Waals surface area contributed by atoms with E-state index in [0.717, 1.165) is 23.2 Å². The van der Waals surface area contributed by atoms with Crippen molar-refractivity contribution in [1.82, 2.24) is 15.0 Å². The predicted molar refractivity (Wildman–Crippen MR) is 148 cm³/mol. The highest BCUT2D eigenvalue weighted by molar-refractivity contribution is 7.98. The molecule has 0 radical (unpaired) electrons. The summed E-state index contributed by atoms with van der Waals surface area (Å²) in [5.74, 6) is 5.02. The molecule has 0 saturated heterocycles. The number of thioether (sulfide) groups is 1. The van der Waals surface area contributed by atoms with Gasteiger partial charge in [0.1, 0.15) is 13.9 Å². The van der Waals surface area contributed by atoms with Crippen LogP contribution in [0.5, 0.6) is 0 Å². The van der Waals surface area contributed by atoms with Crippen molar-refractivity contribution in [2.45, 2.75) is 101 Å². The van der Waals surface area contributed by atoms with Crippen molar-refractivity contribution in [3.63, 3.8) is 0 Å². The van der Waals surface area contributed by atoms with Crippen LogP contribution in [0.1, 0.15) is 79.2 Å². The maximum Gasteiger partial charge on any atom is 0.189 e. The molecule has 1 unspecified atom stereocenters. The molecule has 2 aromatic heterocycles. The number of nitrogens with zero attached hydrogens (tertiary/aromatic N) is 3. The number of aromatic nitrogens is 3. The second kappa shape index (κ2) is 11.9. The van der Waals surface area contributed by atoms with Crippen molar-refractivity contribution in [2.24, 2.45) is 5.92 Å². The van der Waals surface area contributed by atoms with Gasteiger partial charge in [0.15, 0.2) is 10.8 Å². The lowest BCUT2D eigenvalue weighted by Crippen LogP contribution is -2.43. The molecule has 0 bridgehead atoms. The number of aliphatic hydroxyl groups excluding tert-OH is 1. The van der Waals surface area contributed by atoms with E-state index >= 15 is 0 Å². The quantitative estimate of drug-likeness (QED) is 0.174. The van der Waals surface area contributed by atoms with Gasteiger partial charge >= 0.3 is 0 Å². The lowest BCUT2D eigenvalue weighted by atomic mass is 9.99. The molecular formula is C27H42N4OSSi. The molecule has 1 aliphatic rings. The predicted octanol–water partition coefficient (Wildman–Crippen LogP) is 6.67. The number of fused-ring (bicyclic) bond motifs is 1. The van der Waals surface area contributed by atoms with Crippen LogP contribution >= 0.6 is 11.8 Å². The Morgan fingerprint density at radius 3 is 2.29 bits per heavy atom. The molecule has 2 aromatic rings. The normalized spacial score (nSPS) is 15.9. The third kappa shape index (κ3) is 5.95. The maximum atomic E-state index is 10.1. The van der Waals surface area contributed by atoms with Crippen LogP contribution < -0.4 is 5.32 Å². The second-order valence-electron chi connectivity index (χ2n) is 10.7. The number of hydrogen-bond acceptors (Lipinski definition) is 6. The molecule has 186 valence electrons. The highest BCUT2D eigenvalue weighted by atomic mass is 32.2. The van der Waals surface area contributed by atoms with Crippen LogP contribution in [-0.4, -0.2) is 47.0 Å². The fourth-order valence-corrected chi connectivity index (χ4v) is 11.5. The van der Waals surface area contributed by atoms with E-state index < -0.39 is 8.07 Å². The number of anilines is 1. The third-order valence-electron chi connectivity index (χ3n) is 7.67. The van der Waals surface area contributed by atoms with Gasteiger partial charge in [-0.2, -0.15) is 0 Å². The number of hydrogen-bond donors (Lipinski definition) is 2. The van der Waals surface area contributed by atoms with Gasteiger partial charge in [-0.3, -0.25) is 0 Å². The summed E-state index contributed by atoms with van der Waals surface area (Å²) < 4.78 is 0. The Hall–Kier alpha value is -1.62. The van der Waals surface area contributed by atoms with Gasteiger partial charge in [-0.1, -0.05) is 84.9 Å². The maximum absolute atomic E-state index is 10.1. The molecular weight excluding hydrogens is 456 g/mol. The van der Waals surface area contributed by atoms with E-state index in [2.05, 4.69) is 68.3 Å². The summed E-state index contributed by atoms with van der Waals surface area (Å²) in [6.45, 7) is 14.1. The topological polar surface area (TPSA) is 70.9 Å². The first-order chi connectivity index (χ1) is 16.2. The third-order valence-corrected chi connectivity index (χ3v) is 14.5. The summed E-state index contributed by atoms with van der Waals surface area (Å²) in [7, 11) is -1.88. The van der Waals surface area contributed by atoms with Crippen molar-refractivity contribution in [2.75, 3.05) is 18.2 Å². The molecule has 5 nitrogen and oxygen atoms in total. The molecule has 1 aliphatic carbocycles. The number of nitrogens with one attached hydrogen (secondary N) is 1. The number of pyridine rings is 1. The zero-order valence-electron chi connectivity index (χ0n) is 22.0. The van der Waals surface area contributed by atoms with E-state index in [9.17, 15) is 5.11 Å². The van der Waals surface area contributed by atoms with Gasteiger partial charge in [0.25, 0.3) is 0 Å². The monoisotopic (exact) mass is 498 g/mol. The van der Waals surface area contributed by atoms with Gasteiger partial charge in [-0.25, -0.2) is 15.0 Å². The minimum absolute atomic E-state index is 0.00817. The molecule has 3 rings (SSSR count). The van der Waals surface area contributed by atoms with Crippen molar-refractivity contribution in [3.05, 3.63) is 17.8 Å². The molecule has 2 N–H and O–H groups in total. The van der Waals surface area contributed by atoms with Crippen LogP contribution in [0.15, 0.2) is 17.4 Å². The average molecular weight is 499 g/mol. The van der Waals surface area contributed by atoms with E-state index in [-0.39, 0.29) is 12.6 Å². The zero-order chi connectivity index (χ0) is 24.9. The van der Waals surface area contributed by atoms with Gasteiger partial charge in [0.05, 0.1) is 18.0 Å². The van der Waals surface area contributed by atoms with Crippen molar-refractivity contribution in [1.29, 1.82) is 0 Å². The molecule has 0 aliphatic heterocycles. The first-order valence-corrected chi connectivity index (χ1v) is 16.3. The smallest absolute Gasteiger partial charge is 0.189 e. The van der Waals surface area contributed by atoms with E-state index in [1.165, 1.54) is 37.4 Å². The lowest BCUT2D eigenvalue weighted by Gasteiger charge is -2.38. The Bertz CT molecular complexity index is 1000. The number of aliphatic hydroxyl groups is 1. The minimum atomic E-state index is -1.88. The second-order valence-corrected chi connectivity index (χ2v) is 17.1. The molecule has 1 atom stereocenters. The summed E-state index contributed by atoms with van der Waals surface area (Å²) in [4.78, 5) is 14.0. The van der Waals surface area contributed by atoms with E-state index in [0.29, 0.717) is 33.3 Å².